The molecule has 2 N–H and O–H groups in total. The number of amides is 3. The summed E-state index contributed by atoms with van der Waals surface area (Å²) < 4.78 is 7.79. The molecule has 0 unspecified atom stereocenters. The van der Waals surface area contributed by atoms with E-state index in [1.165, 1.54) is 24.0 Å². The van der Waals surface area contributed by atoms with Gasteiger partial charge in [-0.05, 0) is 47.7 Å². The Kier molecular flexibility index (Phi) is 7.42. The average molecular weight is 429 g/mol. The summed E-state index contributed by atoms with van der Waals surface area (Å²) >= 11 is 1.24. The normalized spacial score (nSPS) is 16.8. The number of carbonyl (C=O) groups excluding carboxylic acids is 4. The lowest BCUT2D eigenvalue weighted by atomic mass is 10.1. The Hall–Kier alpha value is -2.91. The van der Waals surface area contributed by atoms with Gasteiger partial charge in [0.05, 0.1) is 13.5 Å². The number of imide groups is 1. The molecular formula is C21H23N3O5S. The van der Waals surface area contributed by atoms with Gasteiger partial charge in [-0.2, -0.15) is 0 Å². The van der Waals surface area contributed by atoms with Gasteiger partial charge < -0.3 is 9.64 Å². The summed E-state index contributed by atoms with van der Waals surface area (Å²) in [6.07, 6.45) is 1.25. The zero-order valence-electron chi connectivity index (χ0n) is 16.5. The lowest BCUT2D eigenvalue weighted by Gasteiger charge is -2.27. The molecule has 0 aliphatic carbocycles. The van der Waals surface area contributed by atoms with Crippen molar-refractivity contribution in [3.8, 4) is 0 Å². The molecule has 30 heavy (non-hydrogen) atoms. The van der Waals surface area contributed by atoms with Crippen molar-refractivity contribution in [2.75, 3.05) is 13.7 Å². The van der Waals surface area contributed by atoms with Crippen LogP contribution in [0.3, 0.4) is 0 Å². The van der Waals surface area contributed by atoms with Crippen LogP contribution in [0.2, 0.25) is 0 Å². The van der Waals surface area contributed by atoms with Crippen LogP contribution >= 0.6 is 11.9 Å². The number of esters is 1. The number of carbonyl (C=O) groups is 4. The van der Waals surface area contributed by atoms with Gasteiger partial charge in [0.1, 0.15) is 12.1 Å². The Morgan fingerprint density at radius 3 is 2.73 bits per heavy atom. The second-order valence-corrected chi connectivity index (χ2v) is 7.79. The number of nitrogens with one attached hydrogen (secondary N) is 2. The minimum Gasteiger partial charge on any atom is -0.469 e. The largest absolute Gasteiger partial charge is 0.469 e. The summed E-state index contributed by atoms with van der Waals surface area (Å²) in [5, 5.41) is 4.27. The van der Waals surface area contributed by atoms with Crippen LogP contribution in [0.5, 0.6) is 0 Å². The molecule has 0 aromatic heterocycles. The maximum atomic E-state index is 13.1. The number of benzene rings is 2. The number of nitrogens with zero attached hydrogens (tertiary/aromatic N) is 1. The summed E-state index contributed by atoms with van der Waals surface area (Å²) in [6, 6.07) is 12.2. The molecule has 1 saturated heterocycles. The number of likely N-dealkylation sites (tertiary alicyclic amines) is 1. The van der Waals surface area contributed by atoms with Crippen molar-refractivity contribution in [1.29, 1.82) is 0 Å². The number of hydrogen-bond acceptors (Lipinski definition) is 7. The fourth-order valence-electron chi connectivity index (χ4n) is 3.46. The van der Waals surface area contributed by atoms with Crippen molar-refractivity contribution in [2.45, 2.75) is 36.2 Å². The Morgan fingerprint density at radius 1 is 1.23 bits per heavy atom. The van der Waals surface area contributed by atoms with E-state index < -0.39 is 24.0 Å². The molecule has 8 nitrogen and oxygen atoms in total. The minimum atomic E-state index is -0.876. The molecule has 1 fully saturated rings. The molecular weight excluding hydrogens is 406 g/mol. The molecule has 0 bridgehead atoms. The predicted octanol–water partition coefficient (Wildman–Crippen LogP) is 1.63. The maximum Gasteiger partial charge on any atom is 0.307 e. The second kappa shape index (κ2) is 10.2. The van der Waals surface area contributed by atoms with E-state index in [4.69, 9.17) is 4.74 Å². The van der Waals surface area contributed by atoms with Gasteiger partial charge in [-0.3, -0.25) is 24.5 Å². The molecule has 3 rings (SSSR count). The van der Waals surface area contributed by atoms with Gasteiger partial charge in [-0.25, -0.2) is 4.72 Å². The van der Waals surface area contributed by atoms with Gasteiger partial charge in [0.2, 0.25) is 18.2 Å². The van der Waals surface area contributed by atoms with Crippen molar-refractivity contribution in [3.63, 3.8) is 0 Å². The standard InChI is InChI=1S/C21H23N3O5S/c1-29-19(26)12-17(21(28)24-10-4-7-18(24)20(27)22-13-25)23-30-16-9-8-14-5-2-3-6-15(14)11-16/h2-3,5-6,8-9,11,13,17-18,23H,4,7,10,12H2,1H3,(H,22,25,27)/t17-,18-/m0/s1. The summed E-state index contributed by atoms with van der Waals surface area (Å²) in [4.78, 5) is 50.0. The number of ether oxygens (including phenoxy) is 1. The lowest BCUT2D eigenvalue weighted by molar-refractivity contribution is -0.146. The van der Waals surface area contributed by atoms with Crippen molar-refractivity contribution in [1.82, 2.24) is 14.9 Å². The van der Waals surface area contributed by atoms with Crippen molar-refractivity contribution >= 4 is 46.9 Å². The quantitative estimate of drug-likeness (QED) is 0.373. The van der Waals surface area contributed by atoms with Crippen LogP contribution in [-0.2, 0) is 23.9 Å². The highest BCUT2D eigenvalue weighted by molar-refractivity contribution is 7.97. The first-order chi connectivity index (χ1) is 14.5. The number of fused-ring (bicyclic) bond motifs is 1. The fourth-order valence-corrected chi connectivity index (χ4v) is 4.24. The number of rotatable bonds is 8. The first-order valence-electron chi connectivity index (χ1n) is 9.56. The van der Waals surface area contributed by atoms with E-state index in [0.29, 0.717) is 25.8 Å². The first-order valence-corrected chi connectivity index (χ1v) is 10.4. The minimum absolute atomic E-state index is 0.172. The molecule has 1 aliphatic rings. The molecule has 2 aromatic rings. The third-order valence-electron chi connectivity index (χ3n) is 4.98. The Bertz CT molecular complexity index is 951. The number of hydrogen-bond donors (Lipinski definition) is 2. The topological polar surface area (TPSA) is 105 Å². The van der Waals surface area contributed by atoms with Crippen LogP contribution in [0.15, 0.2) is 47.4 Å². The van der Waals surface area contributed by atoms with Gasteiger partial charge in [0.15, 0.2) is 0 Å². The fraction of sp³-hybridized carbons (Fsp3) is 0.333. The van der Waals surface area contributed by atoms with E-state index in [0.717, 1.165) is 15.7 Å². The highest BCUT2D eigenvalue weighted by atomic mass is 32.2. The molecule has 0 spiro atoms. The molecule has 0 saturated carbocycles. The lowest BCUT2D eigenvalue weighted by Crippen LogP contribution is -2.51. The van der Waals surface area contributed by atoms with E-state index in [1.54, 1.807) is 0 Å². The highest BCUT2D eigenvalue weighted by Crippen LogP contribution is 2.24. The Labute approximate surface area is 178 Å². The molecule has 0 radical (unpaired) electrons. The predicted molar refractivity (Wildman–Crippen MR) is 112 cm³/mol. The van der Waals surface area contributed by atoms with E-state index in [9.17, 15) is 19.2 Å². The van der Waals surface area contributed by atoms with Crippen LogP contribution in [-0.4, -0.2) is 54.8 Å². The van der Waals surface area contributed by atoms with Gasteiger partial charge >= 0.3 is 5.97 Å². The molecule has 158 valence electrons. The zero-order valence-corrected chi connectivity index (χ0v) is 17.3. The van der Waals surface area contributed by atoms with Gasteiger partial charge in [0.25, 0.3) is 0 Å². The van der Waals surface area contributed by atoms with Crippen LogP contribution in [0, 0.1) is 0 Å². The third-order valence-corrected chi connectivity index (χ3v) is 5.87. The maximum absolute atomic E-state index is 13.1. The van der Waals surface area contributed by atoms with E-state index in [1.807, 2.05) is 42.5 Å². The van der Waals surface area contributed by atoms with Gasteiger partial charge in [-0.1, -0.05) is 30.3 Å². The van der Waals surface area contributed by atoms with E-state index in [-0.39, 0.29) is 12.3 Å². The molecule has 1 aliphatic heterocycles. The van der Waals surface area contributed by atoms with Crippen LogP contribution in [0.4, 0.5) is 0 Å². The van der Waals surface area contributed by atoms with Crippen molar-refractivity contribution < 1.29 is 23.9 Å². The van der Waals surface area contributed by atoms with Crippen LogP contribution in [0.25, 0.3) is 10.8 Å². The molecule has 1 heterocycles. The monoisotopic (exact) mass is 429 g/mol. The van der Waals surface area contributed by atoms with E-state index >= 15 is 0 Å². The first kappa shape index (κ1) is 21.8. The Morgan fingerprint density at radius 2 is 2.00 bits per heavy atom. The van der Waals surface area contributed by atoms with Crippen LogP contribution < -0.4 is 10.0 Å². The summed E-state index contributed by atoms with van der Waals surface area (Å²) in [5.41, 5.74) is 0. The summed E-state index contributed by atoms with van der Waals surface area (Å²) in [6.45, 7) is 0.385. The summed E-state index contributed by atoms with van der Waals surface area (Å²) in [7, 11) is 1.26. The van der Waals surface area contributed by atoms with Gasteiger partial charge in [-0.15, -0.1) is 0 Å². The van der Waals surface area contributed by atoms with Gasteiger partial charge in [0, 0.05) is 11.4 Å². The second-order valence-electron chi connectivity index (χ2n) is 6.88. The highest BCUT2D eigenvalue weighted by Gasteiger charge is 2.37. The third kappa shape index (κ3) is 5.17. The number of methoxy groups -OCH3 is 1. The van der Waals surface area contributed by atoms with E-state index in [2.05, 4.69) is 10.0 Å². The summed E-state index contributed by atoms with van der Waals surface area (Å²) in [5.74, 6) is -1.43. The molecule has 2 aromatic carbocycles. The van der Waals surface area contributed by atoms with Crippen molar-refractivity contribution in [2.24, 2.45) is 0 Å². The zero-order chi connectivity index (χ0) is 21.5. The molecule has 2 atom stereocenters. The smallest absolute Gasteiger partial charge is 0.307 e. The molecule has 3 amide bonds. The molecule has 9 heteroatoms. The van der Waals surface area contributed by atoms with Crippen molar-refractivity contribution in [3.05, 3.63) is 42.5 Å². The average Bonchev–Trinajstić information content (AvgIpc) is 3.26. The SMILES string of the molecule is COC(=O)C[C@H](NSc1ccc2ccccc2c1)C(=O)N1CCC[C@H]1C(=O)NC=O. The Balaban J connectivity index is 1.74. The van der Waals surface area contributed by atoms with Crippen LogP contribution in [0.1, 0.15) is 19.3 Å².